The first-order valence-corrected chi connectivity index (χ1v) is 8.49. The van der Waals surface area contributed by atoms with Crippen LogP contribution in [0.25, 0.3) is 0 Å². The van der Waals surface area contributed by atoms with Crippen LogP contribution in [-0.2, 0) is 9.47 Å². The van der Waals surface area contributed by atoms with Gasteiger partial charge in [0, 0.05) is 49.1 Å². The van der Waals surface area contributed by atoms with Gasteiger partial charge < -0.3 is 14.8 Å². The summed E-state index contributed by atoms with van der Waals surface area (Å²) in [6.45, 7) is 5.76. The highest BCUT2D eigenvalue weighted by Gasteiger charge is 2.31. The predicted octanol–water partition coefficient (Wildman–Crippen LogP) is 1.22. The van der Waals surface area contributed by atoms with Crippen molar-refractivity contribution < 1.29 is 14.3 Å². The van der Waals surface area contributed by atoms with Crippen molar-refractivity contribution in [2.45, 2.75) is 12.5 Å². The van der Waals surface area contributed by atoms with Gasteiger partial charge in [-0.25, -0.2) is 0 Å². The molecule has 2 atom stereocenters. The van der Waals surface area contributed by atoms with Gasteiger partial charge in [-0.1, -0.05) is 0 Å². The van der Waals surface area contributed by atoms with Crippen molar-refractivity contribution >= 4 is 17.2 Å². The quantitative estimate of drug-likeness (QED) is 0.888. The van der Waals surface area contributed by atoms with Crippen LogP contribution in [-0.4, -0.2) is 62.9 Å². The van der Waals surface area contributed by atoms with Crippen LogP contribution in [0.5, 0.6) is 0 Å². The molecule has 1 aromatic heterocycles. The minimum atomic E-state index is 0.0217. The van der Waals surface area contributed by atoms with Gasteiger partial charge in [0.05, 0.1) is 19.8 Å². The SMILES string of the molecule is O=C(NCC(C1CCOC1)N1CCOCC1)c1ccsc1. The molecule has 0 aliphatic carbocycles. The van der Waals surface area contributed by atoms with Crippen molar-refractivity contribution in [3.05, 3.63) is 22.4 Å². The number of hydrogen-bond donors (Lipinski definition) is 1. The maximum absolute atomic E-state index is 12.1. The Balaban J connectivity index is 1.59. The van der Waals surface area contributed by atoms with Gasteiger partial charge in [-0.15, -0.1) is 0 Å². The van der Waals surface area contributed by atoms with Crippen molar-refractivity contribution in [3.8, 4) is 0 Å². The zero-order valence-corrected chi connectivity index (χ0v) is 12.9. The molecule has 2 aliphatic rings. The molecule has 21 heavy (non-hydrogen) atoms. The molecule has 0 bridgehead atoms. The highest BCUT2D eigenvalue weighted by Crippen LogP contribution is 2.22. The number of ether oxygens (including phenoxy) is 2. The van der Waals surface area contributed by atoms with Gasteiger partial charge in [0.15, 0.2) is 0 Å². The summed E-state index contributed by atoms with van der Waals surface area (Å²) < 4.78 is 11.0. The van der Waals surface area contributed by atoms with E-state index < -0.39 is 0 Å². The molecule has 0 radical (unpaired) electrons. The summed E-state index contributed by atoms with van der Waals surface area (Å²) in [5, 5.41) is 6.91. The molecule has 0 spiro atoms. The molecule has 6 heteroatoms. The van der Waals surface area contributed by atoms with E-state index in [4.69, 9.17) is 9.47 Å². The predicted molar refractivity (Wildman–Crippen MR) is 81.8 cm³/mol. The lowest BCUT2D eigenvalue weighted by molar-refractivity contribution is 0.00166. The minimum Gasteiger partial charge on any atom is -0.381 e. The Morgan fingerprint density at radius 1 is 1.38 bits per heavy atom. The number of rotatable bonds is 5. The van der Waals surface area contributed by atoms with E-state index in [9.17, 15) is 4.79 Å². The molecule has 1 amide bonds. The molecule has 116 valence electrons. The molecule has 1 aromatic rings. The smallest absolute Gasteiger partial charge is 0.252 e. The largest absolute Gasteiger partial charge is 0.381 e. The summed E-state index contributed by atoms with van der Waals surface area (Å²) in [7, 11) is 0. The Hall–Kier alpha value is -0.950. The summed E-state index contributed by atoms with van der Waals surface area (Å²) in [6.07, 6.45) is 1.08. The number of nitrogens with zero attached hydrogens (tertiary/aromatic N) is 1. The molecule has 1 N–H and O–H groups in total. The second-order valence-corrected chi connectivity index (χ2v) is 6.34. The second kappa shape index (κ2) is 7.35. The van der Waals surface area contributed by atoms with Crippen LogP contribution in [0.1, 0.15) is 16.8 Å². The molecule has 5 nitrogen and oxygen atoms in total. The van der Waals surface area contributed by atoms with E-state index in [-0.39, 0.29) is 5.91 Å². The highest BCUT2D eigenvalue weighted by atomic mass is 32.1. The number of hydrogen-bond acceptors (Lipinski definition) is 5. The van der Waals surface area contributed by atoms with Crippen LogP contribution in [0.3, 0.4) is 0 Å². The fourth-order valence-corrected chi connectivity index (χ4v) is 3.69. The lowest BCUT2D eigenvalue weighted by atomic mass is 9.96. The Labute approximate surface area is 129 Å². The molecule has 2 aliphatic heterocycles. The van der Waals surface area contributed by atoms with Gasteiger partial charge in [-0.05, 0) is 17.9 Å². The number of nitrogens with one attached hydrogen (secondary N) is 1. The zero-order valence-electron chi connectivity index (χ0n) is 12.1. The molecular formula is C15H22N2O3S. The standard InChI is InChI=1S/C15H22N2O3S/c18-15(13-2-8-21-11-13)16-9-14(12-1-5-20-10-12)17-3-6-19-7-4-17/h2,8,11-12,14H,1,3-7,9-10H2,(H,16,18). The van der Waals surface area contributed by atoms with Crippen molar-refractivity contribution in [3.63, 3.8) is 0 Å². The third-order valence-corrected chi connectivity index (χ3v) is 4.96. The molecule has 0 aromatic carbocycles. The minimum absolute atomic E-state index is 0.0217. The first-order valence-electron chi connectivity index (χ1n) is 7.54. The fourth-order valence-electron chi connectivity index (χ4n) is 3.05. The number of thiophene rings is 1. The van der Waals surface area contributed by atoms with Crippen molar-refractivity contribution in [2.24, 2.45) is 5.92 Å². The van der Waals surface area contributed by atoms with Gasteiger partial charge in [0.25, 0.3) is 5.91 Å². The van der Waals surface area contributed by atoms with Gasteiger partial charge in [0.2, 0.25) is 0 Å². The molecule has 3 heterocycles. The Bertz CT molecular complexity index is 440. The molecule has 3 rings (SSSR count). The first kappa shape index (κ1) is 15.0. The normalized spacial score (nSPS) is 24.9. The average molecular weight is 310 g/mol. The van der Waals surface area contributed by atoms with E-state index in [0.717, 1.165) is 51.5 Å². The van der Waals surface area contributed by atoms with Crippen LogP contribution >= 0.6 is 11.3 Å². The van der Waals surface area contributed by atoms with E-state index in [1.54, 1.807) is 11.3 Å². The summed E-state index contributed by atoms with van der Waals surface area (Å²) in [6, 6.07) is 2.21. The zero-order chi connectivity index (χ0) is 14.5. The third-order valence-electron chi connectivity index (χ3n) is 4.28. The molecular weight excluding hydrogens is 288 g/mol. The third kappa shape index (κ3) is 3.83. The first-order chi connectivity index (χ1) is 10.3. The summed E-state index contributed by atoms with van der Waals surface area (Å²) >= 11 is 1.55. The van der Waals surface area contributed by atoms with Crippen LogP contribution < -0.4 is 5.32 Å². The number of morpholine rings is 1. The number of carbonyl (C=O) groups excluding carboxylic acids is 1. The van der Waals surface area contributed by atoms with Gasteiger partial charge in [-0.2, -0.15) is 11.3 Å². The van der Waals surface area contributed by atoms with E-state index in [0.29, 0.717) is 18.5 Å². The molecule has 2 fully saturated rings. The number of amides is 1. The highest BCUT2D eigenvalue weighted by molar-refractivity contribution is 7.08. The Morgan fingerprint density at radius 2 is 2.24 bits per heavy atom. The van der Waals surface area contributed by atoms with E-state index in [1.165, 1.54) is 0 Å². The maximum atomic E-state index is 12.1. The molecule has 0 saturated carbocycles. The monoisotopic (exact) mass is 310 g/mol. The summed E-state index contributed by atoms with van der Waals surface area (Å²) in [5.74, 6) is 0.527. The second-order valence-electron chi connectivity index (χ2n) is 5.56. The van der Waals surface area contributed by atoms with Crippen LogP contribution in [0, 0.1) is 5.92 Å². The van der Waals surface area contributed by atoms with Crippen LogP contribution in [0.2, 0.25) is 0 Å². The number of carbonyl (C=O) groups is 1. The van der Waals surface area contributed by atoms with Crippen molar-refractivity contribution in [1.82, 2.24) is 10.2 Å². The van der Waals surface area contributed by atoms with Gasteiger partial charge in [-0.3, -0.25) is 9.69 Å². The van der Waals surface area contributed by atoms with Gasteiger partial charge >= 0.3 is 0 Å². The van der Waals surface area contributed by atoms with Crippen molar-refractivity contribution in [2.75, 3.05) is 46.1 Å². The van der Waals surface area contributed by atoms with Crippen molar-refractivity contribution in [1.29, 1.82) is 0 Å². The van der Waals surface area contributed by atoms with Crippen LogP contribution in [0.4, 0.5) is 0 Å². The average Bonchev–Trinajstić information content (AvgIpc) is 3.22. The lowest BCUT2D eigenvalue weighted by Gasteiger charge is -2.37. The van der Waals surface area contributed by atoms with E-state index >= 15 is 0 Å². The van der Waals surface area contributed by atoms with E-state index in [1.807, 2.05) is 16.8 Å². The fraction of sp³-hybridized carbons (Fsp3) is 0.667. The topological polar surface area (TPSA) is 50.8 Å². The Kier molecular flexibility index (Phi) is 5.24. The van der Waals surface area contributed by atoms with E-state index in [2.05, 4.69) is 10.2 Å². The Morgan fingerprint density at radius 3 is 2.90 bits per heavy atom. The maximum Gasteiger partial charge on any atom is 0.252 e. The summed E-state index contributed by atoms with van der Waals surface area (Å²) in [4.78, 5) is 14.6. The summed E-state index contributed by atoms with van der Waals surface area (Å²) in [5.41, 5.74) is 0.753. The molecule has 2 saturated heterocycles. The lowest BCUT2D eigenvalue weighted by Crippen LogP contribution is -2.52. The molecule has 2 unspecified atom stereocenters. The van der Waals surface area contributed by atoms with Crippen LogP contribution in [0.15, 0.2) is 16.8 Å². The van der Waals surface area contributed by atoms with Gasteiger partial charge in [0.1, 0.15) is 0 Å².